The van der Waals surface area contributed by atoms with Crippen molar-refractivity contribution in [3.8, 4) is 11.3 Å². The van der Waals surface area contributed by atoms with Crippen molar-refractivity contribution in [2.24, 2.45) is 5.92 Å². The highest BCUT2D eigenvalue weighted by Gasteiger charge is 2.26. The number of carbonyl (C=O) groups is 2. The molecule has 0 saturated carbocycles. The van der Waals surface area contributed by atoms with Crippen LogP contribution in [0.1, 0.15) is 29.3 Å². The Balaban J connectivity index is 1.67. The molecule has 0 N–H and O–H groups in total. The number of aromatic nitrogens is 1. The largest absolute Gasteiger partial charge is 0.339 e. The third kappa shape index (κ3) is 4.56. The standard InChI is InChI=1S/C21H27N3O2S/c1-14(2)21(26)24-11-9-23(10-12-24)19(25)13-18-20(22-16(4)27-18)17-7-5-15(3)6-8-17/h5-8,14H,9-13H2,1-4H3. The van der Waals surface area contributed by atoms with E-state index in [-0.39, 0.29) is 17.7 Å². The van der Waals surface area contributed by atoms with Crippen LogP contribution in [0.25, 0.3) is 11.3 Å². The van der Waals surface area contributed by atoms with E-state index in [1.165, 1.54) is 5.56 Å². The molecule has 1 aromatic heterocycles. The minimum Gasteiger partial charge on any atom is -0.339 e. The zero-order valence-electron chi connectivity index (χ0n) is 16.5. The van der Waals surface area contributed by atoms with Crippen molar-refractivity contribution in [1.82, 2.24) is 14.8 Å². The summed E-state index contributed by atoms with van der Waals surface area (Å²) in [7, 11) is 0. The van der Waals surface area contributed by atoms with Gasteiger partial charge in [-0.3, -0.25) is 9.59 Å². The Bertz CT molecular complexity index is 818. The number of amides is 2. The fourth-order valence-electron chi connectivity index (χ4n) is 3.32. The molecule has 1 saturated heterocycles. The second-order valence-corrected chi connectivity index (χ2v) is 8.70. The molecular weight excluding hydrogens is 358 g/mol. The van der Waals surface area contributed by atoms with Crippen LogP contribution in [-0.4, -0.2) is 52.8 Å². The maximum Gasteiger partial charge on any atom is 0.228 e. The average Bonchev–Trinajstić information content (AvgIpc) is 3.01. The molecule has 1 aliphatic heterocycles. The van der Waals surface area contributed by atoms with Gasteiger partial charge in [-0.05, 0) is 13.8 Å². The molecule has 2 heterocycles. The van der Waals surface area contributed by atoms with Gasteiger partial charge in [0, 0.05) is 42.5 Å². The molecule has 5 nitrogen and oxygen atoms in total. The van der Waals surface area contributed by atoms with Gasteiger partial charge in [0.05, 0.1) is 17.1 Å². The summed E-state index contributed by atoms with van der Waals surface area (Å²) < 4.78 is 0. The lowest BCUT2D eigenvalue weighted by atomic mass is 10.1. The van der Waals surface area contributed by atoms with Crippen LogP contribution in [0.5, 0.6) is 0 Å². The molecule has 0 aliphatic carbocycles. The number of nitrogens with zero attached hydrogens (tertiary/aromatic N) is 3. The minimum atomic E-state index is 0.00415. The van der Waals surface area contributed by atoms with E-state index >= 15 is 0 Å². The Kier molecular flexibility index (Phi) is 5.95. The van der Waals surface area contributed by atoms with E-state index in [0.717, 1.165) is 21.1 Å². The minimum absolute atomic E-state index is 0.00415. The normalized spacial score (nSPS) is 14.7. The maximum absolute atomic E-state index is 12.8. The van der Waals surface area contributed by atoms with Crippen LogP contribution < -0.4 is 0 Å². The SMILES string of the molecule is Cc1ccc(-c2nc(C)sc2CC(=O)N2CCN(C(=O)C(C)C)CC2)cc1. The van der Waals surface area contributed by atoms with Crippen LogP contribution in [0.4, 0.5) is 0 Å². The number of hydrogen-bond donors (Lipinski definition) is 0. The number of thiazole rings is 1. The number of piperazine rings is 1. The highest BCUT2D eigenvalue weighted by Crippen LogP contribution is 2.29. The summed E-state index contributed by atoms with van der Waals surface area (Å²) in [4.78, 5) is 34.3. The Morgan fingerprint density at radius 2 is 1.63 bits per heavy atom. The van der Waals surface area contributed by atoms with Crippen LogP contribution in [0, 0.1) is 19.8 Å². The zero-order chi connectivity index (χ0) is 19.6. The number of aryl methyl sites for hydroxylation is 2. The first-order valence-electron chi connectivity index (χ1n) is 9.45. The van der Waals surface area contributed by atoms with E-state index in [1.807, 2.05) is 30.6 Å². The zero-order valence-corrected chi connectivity index (χ0v) is 17.3. The van der Waals surface area contributed by atoms with Crippen LogP contribution in [0.2, 0.25) is 0 Å². The first-order valence-corrected chi connectivity index (χ1v) is 10.3. The van der Waals surface area contributed by atoms with Gasteiger partial charge in [-0.15, -0.1) is 11.3 Å². The Morgan fingerprint density at radius 3 is 2.22 bits per heavy atom. The molecular formula is C21H27N3O2S. The fourth-order valence-corrected chi connectivity index (χ4v) is 4.27. The summed E-state index contributed by atoms with van der Waals surface area (Å²) in [6.45, 7) is 10.3. The van der Waals surface area contributed by atoms with Crippen molar-refractivity contribution in [3.05, 3.63) is 39.7 Å². The first-order chi connectivity index (χ1) is 12.8. The predicted molar refractivity (Wildman–Crippen MR) is 109 cm³/mol. The second-order valence-electron chi connectivity index (χ2n) is 7.41. The lowest BCUT2D eigenvalue weighted by Gasteiger charge is -2.35. The third-order valence-corrected chi connectivity index (χ3v) is 5.85. The summed E-state index contributed by atoms with van der Waals surface area (Å²) >= 11 is 1.59. The van der Waals surface area contributed by atoms with Gasteiger partial charge in [-0.1, -0.05) is 43.7 Å². The van der Waals surface area contributed by atoms with Crippen molar-refractivity contribution in [3.63, 3.8) is 0 Å². The smallest absolute Gasteiger partial charge is 0.228 e. The molecule has 1 aromatic carbocycles. The molecule has 27 heavy (non-hydrogen) atoms. The van der Waals surface area contributed by atoms with Gasteiger partial charge in [-0.25, -0.2) is 4.98 Å². The van der Waals surface area contributed by atoms with E-state index in [9.17, 15) is 9.59 Å². The highest BCUT2D eigenvalue weighted by molar-refractivity contribution is 7.12. The molecule has 2 aromatic rings. The molecule has 0 radical (unpaired) electrons. The van der Waals surface area contributed by atoms with E-state index < -0.39 is 0 Å². The lowest BCUT2D eigenvalue weighted by Crippen LogP contribution is -2.51. The summed E-state index contributed by atoms with van der Waals surface area (Å²) in [5, 5.41) is 0.973. The lowest BCUT2D eigenvalue weighted by molar-refractivity contribution is -0.141. The summed E-state index contributed by atoms with van der Waals surface area (Å²) in [5.41, 5.74) is 3.18. The van der Waals surface area contributed by atoms with Crippen molar-refractivity contribution in [2.45, 2.75) is 34.1 Å². The van der Waals surface area contributed by atoms with Crippen molar-refractivity contribution in [2.75, 3.05) is 26.2 Å². The monoisotopic (exact) mass is 385 g/mol. The van der Waals surface area contributed by atoms with Gasteiger partial charge in [0.2, 0.25) is 11.8 Å². The van der Waals surface area contributed by atoms with Gasteiger partial charge in [0.1, 0.15) is 0 Å². The van der Waals surface area contributed by atoms with E-state index in [2.05, 4.69) is 36.2 Å². The average molecular weight is 386 g/mol. The summed E-state index contributed by atoms with van der Waals surface area (Å²) in [6, 6.07) is 8.27. The molecule has 144 valence electrons. The molecule has 0 unspecified atom stereocenters. The molecule has 2 amide bonds. The third-order valence-electron chi connectivity index (χ3n) is 4.88. The molecule has 0 atom stereocenters. The van der Waals surface area contributed by atoms with Crippen molar-refractivity contribution in [1.29, 1.82) is 0 Å². The Morgan fingerprint density at radius 1 is 1.04 bits per heavy atom. The van der Waals surface area contributed by atoms with Gasteiger partial charge in [0.15, 0.2) is 0 Å². The molecule has 3 rings (SSSR count). The number of hydrogen-bond acceptors (Lipinski definition) is 4. The quantitative estimate of drug-likeness (QED) is 0.811. The van der Waals surface area contributed by atoms with Crippen molar-refractivity contribution >= 4 is 23.2 Å². The van der Waals surface area contributed by atoms with Gasteiger partial charge < -0.3 is 9.80 Å². The number of benzene rings is 1. The molecule has 1 aliphatic rings. The highest BCUT2D eigenvalue weighted by atomic mass is 32.1. The topological polar surface area (TPSA) is 53.5 Å². The van der Waals surface area contributed by atoms with Crippen molar-refractivity contribution < 1.29 is 9.59 Å². The van der Waals surface area contributed by atoms with Gasteiger partial charge in [0.25, 0.3) is 0 Å². The van der Waals surface area contributed by atoms with E-state index in [1.54, 1.807) is 11.3 Å². The number of carbonyl (C=O) groups excluding carboxylic acids is 2. The second kappa shape index (κ2) is 8.21. The van der Waals surface area contributed by atoms with Crippen LogP contribution in [0.3, 0.4) is 0 Å². The van der Waals surface area contributed by atoms with Gasteiger partial charge >= 0.3 is 0 Å². The van der Waals surface area contributed by atoms with Crippen LogP contribution >= 0.6 is 11.3 Å². The maximum atomic E-state index is 12.8. The molecule has 6 heteroatoms. The number of rotatable bonds is 4. The van der Waals surface area contributed by atoms with E-state index in [4.69, 9.17) is 0 Å². The summed E-state index contributed by atoms with van der Waals surface area (Å²) in [6.07, 6.45) is 0.368. The molecule has 0 spiro atoms. The Hall–Kier alpha value is -2.21. The Labute approximate surface area is 165 Å². The summed E-state index contributed by atoms with van der Waals surface area (Å²) in [5.74, 6) is 0.287. The molecule has 1 fully saturated rings. The fraction of sp³-hybridized carbons (Fsp3) is 0.476. The van der Waals surface area contributed by atoms with Crippen LogP contribution in [-0.2, 0) is 16.0 Å². The van der Waals surface area contributed by atoms with Gasteiger partial charge in [-0.2, -0.15) is 0 Å². The van der Waals surface area contributed by atoms with Crippen LogP contribution in [0.15, 0.2) is 24.3 Å². The first kappa shape index (κ1) is 19.5. The van der Waals surface area contributed by atoms with E-state index in [0.29, 0.717) is 32.6 Å². The molecule has 0 bridgehead atoms. The predicted octanol–water partition coefficient (Wildman–Crippen LogP) is 3.30.